The minimum Gasteiger partial charge on any atom is -0.490 e. The van der Waals surface area contributed by atoms with Crippen LogP contribution in [0.5, 0.6) is 11.5 Å². The zero-order chi connectivity index (χ0) is 22.4. The summed E-state index contributed by atoms with van der Waals surface area (Å²) in [5, 5.41) is 13.2. The van der Waals surface area contributed by atoms with Crippen LogP contribution in [0.1, 0.15) is 34.0 Å². The Morgan fingerprint density at radius 3 is 2.35 bits per heavy atom. The minimum atomic E-state index is -1.02. The monoisotopic (exact) mass is 459 g/mol. The molecule has 2 N–H and O–H groups in total. The first-order valence-corrected chi connectivity index (χ1v) is 10.5. The van der Waals surface area contributed by atoms with Gasteiger partial charge in [-0.15, -0.1) is 0 Å². The van der Waals surface area contributed by atoms with E-state index in [9.17, 15) is 9.90 Å². The Morgan fingerprint density at radius 2 is 1.68 bits per heavy atom. The zero-order valence-electron chi connectivity index (χ0n) is 17.2. The molecule has 162 valence electrons. The average Bonchev–Trinajstić information content (AvgIpc) is 2.74. The summed E-state index contributed by atoms with van der Waals surface area (Å²) in [4.78, 5) is 11.2. The standard InChI is InChI=1S/C24H23Cl2NO4/c1-3-30-22-11-18(13-27-21-10-17(24(28)29)8-9-19(21)25)20(26)12-23(22)31-14-16-6-4-15(2)5-7-16/h4-12,27H,3,13-14H2,1-2H3,(H,28,29). The Bertz CT molecular complexity index is 1070. The van der Waals surface area contributed by atoms with E-state index in [2.05, 4.69) is 5.32 Å². The van der Waals surface area contributed by atoms with Crippen LogP contribution in [0.3, 0.4) is 0 Å². The molecule has 3 aromatic rings. The highest BCUT2D eigenvalue weighted by Gasteiger charge is 2.13. The fourth-order valence-electron chi connectivity index (χ4n) is 2.92. The van der Waals surface area contributed by atoms with E-state index in [1.807, 2.05) is 44.2 Å². The van der Waals surface area contributed by atoms with Crippen molar-refractivity contribution < 1.29 is 19.4 Å². The number of benzene rings is 3. The Labute approximate surface area is 191 Å². The molecule has 0 aliphatic heterocycles. The molecule has 0 spiro atoms. The lowest BCUT2D eigenvalue weighted by Gasteiger charge is -2.16. The first-order chi connectivity index (χ1) is 14.9. The van der Waals surface area contributed by atoms with Crippen LogP contribution in [0.15, 0.2) is 54.6 Å². The van der Waals surface area contributed by atoms with E-state index in [1.54, 1.807) is 12.1 Å². The molecule has 0 aliphatic carbocycles. The lowest BCUT2D eigenvalue weighted by molar-refractivity contribution is 0.0697. The van der Waals surface area contributed by atoms with Crippen molar-refractivity contribution in [3.05, 3.63) is 86.9 Å². The number of hydrogen-bond donors (Lipinski definition) is 2. The molecule has 3 rings (SSSR count). The van der Waals surface area contributed by atoms with Crippen molar-refractivity contribution in [2.24, 2.45) is 0 Å². The van der Waals surface area contributed by atoms with Gasteiger partial charge in [0.05, 0.1) is 22.9 Å². The number of aryl methyl sites for hydroxylation is 1. The minimum absolute atomic E-state index is 0.146. The Morgan fingerprint density at radius 1 is 0.968 bits per heavy atom. The number of nitrogens with one attached hydrogen (secondary N) is 1. The van der Waals surface area contributed by atoms with Crippen LogP contribution in [-0.2, 0) is 13.2 Å². The number of ether oxygens (including phenoxy) is 2. The summed E-state index contributed by atoms with van der Waals surface area (Å²) in [6.07, 6.45) is 0. The molecule has 0 bridgehead atoms. The van der Waals surface area contributed by atoms with E-state index in [0.717, 1.165) is 11.1 Å². The lowest BCUT2D eigenvalue weighted by atomic mass is 10.1. The predicted octanol–water partition coefficient (Wildman–Crippen LogP) is 6.59. The van der Waals surface area contributed by atoms with Gasteiger partial charge < -0.3 is 19.9 Å². The zero-order valence-corrected chi connectivity index (χ0v) is 18.8. The molecule has 0 saturated carbocycles. The van der Waals surface area contributed by atoms with Crippen LogP contribution in [0.4, 0.5) is 5.69 Å². The molecular formula is C24H23Cl2NO4. The molecule has 0 radical (unpaired) electrons. The van der Waals surface area contributed by atoms with Crippen molar-refractivity contribution in [2.75, 3.05) is 11.9 Å². The number of hydrogen-bond acceptors (Lipinski definition) is 4. The molecule has 0 fully saturated rings. The Hall–Kier alpha value is -2.89. The van der Waals surface area contributed by atoms with Gasteiger partial charge in [-0.3, -0.25) is 0 Å². The molecule has 0 amide bonds. The Balaban J connectivity index is 1.77. The smallest absolute Gasteiger partial charge is 0.335 e. The van der Waals surface area contributed by atoms with Crippen LogP contribution in [0, 0.1) is 6.92 Å². The van der Waals surface area contributed by atoms with E-state index in [-0.39, 0.29) is 5.56 Å². The number of carboxylic acids is 1. The summed E-state index contributed by atoms with van der Waals surface area (Å²) in [6.45, 7) is 5.14. The maximum absolute atomic E-state index is 11.2. The highest BCUT2D eigenvalue weighted by Crippen LogP contribution is 2.35. The summed E-state index contributed by atoms with van der Waals surface area (Å²) >= 11 is 12.7. The second-order valence-electron chi connectivity index (χ2n) is 6.95. The van der Waals surface area contributed by atoms with Gasteiger partial charge in [-0.1, -0.05) is 53.0 Å². The van der Waals surface area contributed by atoms with Crippen LogP contribution < -0.4 is 14.8 Å². The molecule has 7 heteroatoms. The number of anilines is 1. The Kier molecular flexibility index (Phi) is 7.66. The topological polar surface area (TPSA) is 67.8 Å². The van der Waals surface area contributed by atoms with E-state index in [0.29, 0.717) is 47.0 Å². The maximum Gasteiger partial charge on any atom is 0.335 e. The summed E-state index contributed by atoms with van der Waals surface area (Å²) in [5.41, 5.74) is 3.66. The van der Waals surface area contributed by atoms with E-state index in [4.69, 9.17) is 32.7 Å². The van der Waals surface area contributed by atoms with Crippen molar-refractivity contribution in [1.82, 2.24) is 0 Å². The molecule has 0 aliphatic rings. The summed E-state index contributed by atoms with van der Waals surface area (Å²) in [6, 6.07) is 16.1. The van der Waals surface area contributed by atoms with Gasteiger partial charge in [0, 0.05) is 17.6 Å². The van der Waals surface area contributed by atoms with E-state index >= 15 is 0 Å². The third-order valence-electron chi connectivity index (χ3n) is 4.61. The highest BCUT2D eigenvalue weighted by atomic mass is 35.5. The summed E-state index contributed by atoms with van der Waals surface area (Å²) < 4.78 is 11.7. The van der Waals surface area contributed by atoms with Crippen LogP contribution in [0.2, 0.25) is 10.0 Å². The molecule has 5 nitrogen and oxygen atoms in total. The first kappa shape index (κ1) is 22.8. The van der Waals surface area contributed by atoms with Gasteiger partial charge in [0.2, 0.25) is 0 Å². The molecule has 31 heavy (non-hydrogen) atoms. The summed E-state index contributed by atoms with van der Waals surface area (Å²) in [7, 11) is 0. The van der Waals surface area contributed by atoms with Crippen molar-refractivity contribution in [3.63, 3.8) is 0 Å². The van der Waals surface area contributed by atoms with Crippen molar-refractivity contribution >= 4 is 34.9 Å². The number of rotatable bonds is 9. The second kappa shape index (κ2) is 10.4. The quantitative estimate of drug-likeness (QED) is 0.377. The second-order valence-corrected chi connectivity index (χ2v) is 7.77. The van der Waals surface area contributed by atoms with Gasteiger partial charge in [0.25, 0.3) is 0 Å². The predicted molar refractivity (Wildman–Crippen MR) is 124 cm³/mol. The molecule has 3 aromatic carbocycles. The molecule has 0 unspecified atom stereocenters. The number of carbonyl (C=O) groups is 1. The average molecular weight is 460 g/mol. The van der Waals surface area contributed by atoms with Gasteiger partial charge in [-0.05, 0) is 49.2 Å². The highest BCUT2D eigenvalue weighted by molar-refractivity contribution is 6.33. The van der Waals surface area contributed by atoms with E-state index < -0.39 is 5.97 Å². The molecule has 0 aromatic heterocycles. The van der Waals surface area contributed by atoms with Gasteiger partial charge >= 0.3 is 5.97 Å². The normalized spacial score (nSPS) is 10.6. The van der Waals surface area contributed by atoms with Crippen LogP contribution >= 0.6 is 23.2 Å². The third-order valence-corrected chi connectivity index (χ3v) is 5.29. The molecule has 0 atom stereocenters. The van der Waals surface area contributed by atoms with Gasteiger partial charge in [-0.2, -0.15) is 0 Å². The van der Waals surface area contributed by atoms with Crippen LogP contribution in [-0.4, -0.2) is 17.7 Å². The molecule has 0 saturated heterocycles. The number of aromatic carboxylic acids is 1. The van der Waals surface area contributed by atoms with Crippen molar-refractivity contribution in [3.8, 4) is 11.5 Å². The number of carboxylic acid groups (broad SMARTS) is 1. The fourth-order valence-corrected chi connectivity index (χ4v) is 3.33. The maximum atomic E-state index is 11.2. The lowest BCUT2D eigenvalue weighted by Crippen LogP contribution is -2.05. The van der Waals surface area contributed by atoms with E-state index in [1.165, 1.54) is 17.7 Å². The summed E-state index contributed by atoms with van der Waals surface area (Å²) in [5.74, 6) is 0.120. The fraction of sp³-hybridized carbons (Fsp3) is 0.208. The van der Waals surface area contributed by atoms with Gasteiger partial charge in [-0.25, -0.2) is 4.79 Å². The van der Waals surface area contributed by atoms with Gasteiger partial charge in [0.15, 0.2) is 11.5 Å². The first-order valence-electron chi connectivity index (χ1n) is 9.77. The third kappa shape index (κ3) is 6.06. The largest absolute Gasteiger partial charge is 0.490 e. The molecular weight excluding hydrogens is 437 g/mol. The van der Waals surface area contributed by atoms with Gasteiger partial charge in [0.1, 0.15) is 6.61 Å². The van der Waals surface area contributed by atoms with Crippen molar-refractivity contribution in [2.45, 2.75) is 27.0 Å². The van der Waals surface area contributed by atoms with Crippen molar-refractivity contribution in [1.29, 1.82) is 0 Å². The van der Waals surface area contributed by atoms with Crippen LogP contribution in [0.25, 0.3) is 0 Å². The molecule has 0 heterocycles. The number of halogens is 2. The SMILES string of the molecule is CCOc1cc(CNc2cc(C(=O)O)ccc2Cl)c(Cl)cc1OCc1ccc(C)cc1.